The van der Waals surface area contributed by atoms with Crippen LogP contribution in [0.2, 0.25) is 0 Å². The van der Waals surface area contributed by atoms with Gasteiger partial charge in [-0.15, -0.1) is 0 Å². The number of hydrogen-bond acceptors (Lipinski definition) is 3. The molecule has 1 aliphatic heterocycles. The molecule has 1 saturated carbocycles. The number of thiol groups is 1. The number of nitrogens with one attached hydrogen (secondary N) is 1. The van der Waals surface area contributed by atoms with Crippen LogP contribution < -0.4 is 4.72 Å². The Morgan fingerprint density at radius 3 is 2.52 bits per heavy atom. The minimum Gasteiger partial charge on any atom is -0.299 e. The van der Waals surface area contributed by atoms with Crippen molar-refractivity contribution >= 4 is 10.9 Å². The van der Waals surface area contributed by atoms with Crippen LogP contribution in [0.5, 0.6) is 0 Å². The second-order valence-corrected chi connectivity index (χ2v) is 10.2. The smallest absolute Gasteiger partial charge is 0.201 e. The molecule has 3 aliphatic rings. The summed E-state index contributed by atoms with van der Waals surface area (Å²) in [6.07, 6.45) is 5.49. The largest absolute Gasteiger partial charge is 0.299 e. The molecule has 166 valence electrons. The van der Waals surface area contributed by atoms with Gasteiger partial charge in [0.1, 0.15) is 11.6 Å². The Hall–Kier alpha value is -1.83. The van der Waals surface area contributed by atoms with Crippen molar-refractivity contribution < 1.29 is 17.2 Å². The number of benzene rings is 2. The molecular formula is C24H28F2N2O2S. The van der Waals surface area contributed by atoms with Gasteiger partial charge in [-0.05, 0) is 98.5 Å². The molecule has 4 nitrogen and oxygen atoms in total. The molecular weight excluding hydrogens is 418 g/mol. The van der Waals surface area contributed by atoms with E-state index >= 15 is 4.39 Å². The number of likely N-dealkylation sites (tertiary alicyclic amines) is 1. The van der Waals surface area contributed by atoms with Gasteiger partial charge in [-0.25, -0.2) is 21.9 Å². The standard InChI is InChI=1S/C24H28F2N2O2S/c25-19-5-1-4-16(10-19)11-21-20-12-18(15-24(6-2-7-24)27-31(29)30)22(26)13-17(20)14-23(21)28-8-3-9-28/h1,4-5,10,12-13,21,23,31H,2-3,6-9,11,14-15H2,(H,27,29,30). The number of nitrogens with zero attached hydrogens (tertiary/aromatic N) is 1. The highest BCUT2D eigenvalue weighted by Crippen LogP contribution is 2.43. The van der Waals surface area contributed by atoms with Crippen molar-refractivity contribution in [1.82, 2.24) is 9.62 Å². The molecule has 1 heterocycles. The lowest BCUT2D eigenvalue weighted by Gasteiger charge is -2.41. The van der Waals surface area contributed by atoms with E-state index < -0.39 is 16.4 Å². The van der Waals surface area contributed by atoms with E-state index in [2.05, 4.69) is 9.62 Å². The third-order valence-corrected chi connectivity index (χ3v) is 8.13. The zero-order chi connectivity index (χ0) is 21.6. The van der Waals surface area contributed by atoms with Gasteiger partial charge in [-0.3, -0.25) is 4.90 Å². The van der Waals surface area contributed by atoms with Gasteiger partial charge >= 0.3 is 0 Å². The lowest BCUT2D eigenvalue weighted by atomic mass is 9.73. The summed E-state index contributed by atoms with van der Waals surface area (Å²) in [6, 6.07) is 10.7. The second kappa shape index (κ2) is 8.26. The molecule has 2 atom stereocenters. The van der Waals surface area contributed by atoms with Gasteiger partial charge in [0.2, 0.25) is 10.9 Å². The molecule has 0 spiro atoms. The highest BCUT2D eigenvalue weighted by Gasteiger charge is 2.41. The maximum absolute atomic E-state index is 15.1. The zero-order valence-corrected chi connectivity index (χ0v) is 18.3. The minimum absolute atomic E-state index is 0.179. The van der Waals surface area contributed by atoms with E-state index in [-0.39, 0.29) is 17.6 Å². The average Bonchev–Trinajstić information content (AvgIpc) is 2.95. The fourth-order valence-corrected chi connectivity index (χ4v) is 6.31. The summed E-state index contributed by atoms with van der Waals surface area (Å²) in [7, 11) is -2.72. The fourth-order valence-electron chi connectivity index (χ4n) is 5.62. The Morgan fingerprint density at radius 2 is 1.90 bits per heavy atom. The minimum atomic E-state index is -2.72. The summed E-state index contributed by atoms with van der Waals surface area (Å²) in [4.78, 5) is 2.46. The van der Waals surface area contributed by atoms with Gasteiger partial charge in [0.25, 0.3) is 0 Å². The van der Waals surface area contributed by atoms with Crippen LogP contribution >= 0.6 is 0 Å². The normalized spacial score (nSPS) is 24.6. The summed E-state index contributed by atoms with van der Waals surface area (Å²) >= 11 is 0. The maximum Gasteiger partial charge on any atom is 0.201 e. The molecule has 2 fully saturated rings. The van der Waals surface area contributed by atoms with Gasteiger partial charge < -0.3 is 0 Å². The summed E-state index contributed by atoms with van der Waals surface area (Å²) in [5.41, 5.74) is 3.15. The number of halogens is 2. The maximum atomic E-state index is 15.1. The van der Waals surface area contributed by atoms with E-state index in [1.165, 1.54) is 12.5 Å². The van der Waals surface area contributed by atoms with Crippen molar-refractivity contribution in [3.8, 4) is 0 Å². The molecule has 1 N–H and O–H groups in total. The van der Waals surface area contributed by atoms with Gasteiger partial charge in [-0.2, -0.15) is 0 Å². The third kappa shape index (κ3) is 4.15. The van der Waals surface area contributed by atoms with Gasteiger partial charge in [0.15, 0.2) is 0 Å². The van der Waals surface area contributed by atoms with E-state index in [4.69, 9.17) is 0 Å². The lowest BCUT2D eigenvalue weighted by Crippen LogP contribution is -2.52. The van der Waals surface area contributed by atoms with Crippen molar-refractivity contribution in [3.63, 3.8) is 0 Å². The Balaban J connectivity index is 1.47. The molecule has 0 bridgehead atoms. The number of fused-ring (bicyclic) bond motifs is 1. The first-order chi connectivity index (χ1) is 14.9. The topological polar surface area (TPSA) is 49.4 Å². The Bertz CT molecular complexity index is 1060. The quantitative estimate of drug-likeness (QED) is 0.640. The molecule has 2 aliphatic carbocycles. The first-order valence-electron chi connectivity index (χ1n) is 11.1. The van der Waals surface area contributed by atoms with Crippen LogP contribution in [0.4, 0.5) is 8.78 Å². The van der Waals surface area contributed by atoms with Crippen LogP contribution in [0.15, 0.2) is 36.4 Å². The first kappa shape index (κ1) is 21.0. The molecule has 2 aromatic rings. The van der Waals surface area contributed by atoms with E-state index in [0.717, 1.165) is 55.5 Å². The van der Waals surface area contributed by atoms with Crippen molar-refractivity contribution in [2.75, 3.05) is 13.1 Å². The molecule has 0 radical (unpaired) electrons. The molecule has 2 unspecified atom stereocenters. The molecule has 5 rings (SSSR count). The van der Waals surface area contributed by atoms with Crippen molar-refractivity contribution in [2.24, 2.45) is 0 Å². The summed E-state index contributed by atoms with van der Waals surface area (Å²) in [5.74, 6) is -0.305. The van der Waals surface area contributed by atoms with Gasteiger partial charge in [0.05, 0.1) is 0 Å². The van der Waals surface area contributed by atoms with Crippen LogP contribution in [0.1, 0.15) is 53.9 Å². The third-order valence-electron chi connectivity index (χ3n) is 7.47. The molecule has 2 aromatic carbocycles. The fraction of sp³-hybridized carbons (Fsp3) is 0.500. The summed E-state index contributed by atoms with van der Waals surface area (Å²) in [5, 5.41) is 0. The molecule has 0 aromatic heterocycles. The van der Waals surface area contributed by atoms with E-state index in [0.29, 0.717) is 24.4 Å². The second-order valence-electron chi connectivity index (χ2n) is 9.42. The molecule has 1 saturated heterocycles. The Morgan fingerprint density at radius 1 is 1.10 bits per heavy atom. The highest BCUT2D eigenvalue weighted by atomic mass is 32.2. The van der Waals surface area contributed by atoms with Crippen molar-refractivity contribution in [1.29, 1.82) is 0 Å². The molecule has 7 heteroatoms. The Labute approximate surface area is 183 Å². The van der Waals surface area contributed by atoms with Gasteiger partial charge in [-0.1, -0.05) is 18.2 Å². The lowest BCUT2D eigenvalue weighted by molar-refractivity contribution is 0.106. The Kier molecular flexibility index (Phi) is 5.61. The zero-order valence-electron chi connectivity index (χ0n) is 17.4. The summed E-state index contributed by atoms with van der Waals surface area (Å²) in [6.45, 7) is 2.11. The highest BCUT2D eigenvalue weighted by molar-refractivity contribution is 7.70. The van der Waals surface area contributed by atoms with E-state index in [1.54, 1.807) is 18.2 Å². The molecule has 31 heavy (non-hydrogen) atoms. The average molecular weight is 447 g/mol. The van der Waals surface area contributed by atoms with Crippen LogP contribution in [0, 0.1) is 11.6 Å². The first-order valence-corrected chi connectivity index (χ1v) is 12.3. The van der Waals surface area contributed by atoms with E-state index in [9.17, 15) is 12.8 Å². The van der Waals surface area contributed by atoms with Crippen LogP contribution in [0.25, 0.3) is 0 Å². The predicted molar refractivity (Wildman–Crippen MR) is 117 cm³/mol. The monoisotopic (exact) mass is 446 g/mol. The van der Waals surface area contributed by atoms with Gasteiger partial charge in [0, 0.05) is 17.5 Å². The van der Waals surface area contributed by atoms with Crippen LogP contribution in [0.3, 0.4) is 0 Å². The van der Waals surface area contributed by atoms with Crippen molar-refractivity contribution in [3.05, 3.63) is 70.3 Å². The number of hydrogen-bond donors (Lipinski definition) is 2. The van der Waals surface area contributed by atoms with Crippen molar-refractivity contribution in [2.45, 2.75) is 62.4 Å². The predicted octanol–water partition coefficient (Wildman–Crippen LogP) is 3.50. The molecule has 0 amide bonds. The SMILES string of the molecule is O=[SH](=O)NC1(Cc2cc3c(cc2F)CC(N2CCC2)C3Cc2cccc(F)c2)CCC1. The number of rotatable bonds is 7. The van der Waals surface area contributed by atoms with E-state index in [1.807, 2.05) is 12.1 Å². The van der Waals surface area contributed by atoms with Crippen LogP contribution in [-0.4, -0.2) is 38.0 Å². The van der Waals surface area contributed by atoms with Crippen LogP contribution in [-0.2, 0) is 30.2 Å². The summed E-state index contributed by atoms with van der Waals surface area (Å²) < 4.78 is 54.2.